The Bertz CT molecular complexity index is 825. The number of halogens is 2. The fraction of sp³-hybridized carbons (Fsp3) is 0.118. The Balaban J connectivity index is 1.79. The molecule has 26 heavy (non-hydrogen) atoms. The van der Waals surface area contributed by atoms with Crippen molar-refractivity contribution in [3.63, 3.8) is 0 Å². The molecule has 0 atom stereocenters. The second-order valence-corrected chi connectivity index (χ2v) is 6.11. The van der Waals surface area contributed by atoms with E-state index in [-0.39, 0.29) is 29.6 Å². The summed E-state index contributed by atoms with van der Waals surface area (Å²) in [6.45, 7) is 0.0758. The molecule has 0 aliphatic heterocycles. The average molecular weight is 395 g/mol. The standard InChI is InChI=1S/C17H16Cl2N4O3/c18-11-3-6-13(14(19)7-11)16(25)22-9-15(24)21-8-10-1-4-12(5-2-10)23-17(20)26/h1-7H,8-9H2,(H,21,24)(H,22,25)(H3,20,23,26). The van der Waals surface area contributed by atoms with Crippen LogP contribution < -0.4 is 21.7 Å². The monoisotopic (exact) mass is 394 g/mol. The van der Waals surface area contributed by atoms with Gasteiger partial charge in [-0.05, 0) is 35.9 Å². The van der Waals surface area contributed by atoms with Crippen molar-refractivity contribution in [2.75, 3.05) is 11.9 Å². The highest BCUT2D eigenvalue weighted by Gasteiger charge is 2.12. The van der Waals surface area contributed by atoms with Gasteiger partial charge >= 0.3 is 6.03 Å². The number of benzene rings is 2. The van der Waals surface area contributed by atoms with Crippen molar-refractivity contribution in [2.24, 2.45) is 5.73 Å². The van der Waals surface area contributed by atoms with E-state index in [1.54, 1.807) is 30.3 Å². The lowest BCUT2D eigenvalue weighted by atomic mass is 10.2. The van der Waals surface area contributed by atoms with E-state index >= 15 is 0 Å². The first kappa shape index (κ1) is 19.6. The van der Waals surface area contributed by atoms with Gasteiger partial charge in [-0.3, -0.25) is 9.59 Å². The summed E-state index contributed by atoms with van der Waals surface area (Å²) in [5.41, 5.74) is 6.63. The van der Waals surface area contributed by atoms with E-state index in [4.69, 9.17) is 28.9 Å². The molecule has 0 bridgehead atoms. The molecular weight excluding hydrogens is 379 g/mol. The highest BCUT2D eigenvalue weighted by molar-refractivity contribution is 6.36. The third-order valence-electron chi connectivity index (χ3n) is 3.30. The van der Waals surface area contributed by atoms with Gasteiger partial charge in [0.05, 0.1) is 17.1 Å². The number of nitrogens with two attached hydrogens (primary N) is 1. The highest BCUT2D eigenvalue weighted by Crippen LogP contribution is 2.20. The molecule has 5 N–H and O–H groups in total. The zero-order valence-electron chi connectivity index (χ0n) is 13.5. The molecule has 7 nitrogen and oxygen atoms in total. The van der Waals surface area contributed by atoms with E-state index in [1.807, 2.05) is 0 Å². The Hall–Kier alpha value is -2.77. The number of carbonyl (C=O) groups is 3. The summed E-state index contributed by atoms with van der Waals surface area (Å²) < 4.78 is 0. The second-order valence-electron chi connectivity index (χ2n) is 5.27. The molecule has 0 saturated heterocycles. The molecule has 0 radical (unpaired) electrons. The molecule has 0 unspecified atom stereocenters. The van der Waals surface area contributed by atoms with Crippen LogP contribution >= 0.6 is 23.2 Å². The first-order chi connectivity index (χ1) is 12.3. The van der Waals surface area contributed by atoms with E-state index < -0.39 is 11.9 Å². The molecule has 0 aromatic heterocycles. The lowest BCUT2D eigenvalue weighted by Crippen LogP contribution is -2.36. The molecule has 0 heterocycles. The molecule has 9 heteroatoms. The number of hydrogen-bond donors (Lipinski definition) is 4. The second kappa shape index (κ2) is 9.07. The molecule has 0 spiro atoms. The molecule has 136 valence electrons. The van der Waals surface area contributed by atoms with Gasteiger partial charge in [0, 0.05) is 17.3 Å². The van der Waals surface area contributed by atoms with Gasteiger partial charge in [0.15, 0.2) is 0 Å². The fourth-order valence-electron chi connectivity index (χ4n) is 2.04. The van der Waals surface area contributed by atoms with Gasteiger partial charge < -0.3 is 21.7 Å². The number of hydrogen-bond acceptors (Lipinski definition) is 3. The van der Waals surface area contributed by atoms with Gasteiger partial charge in [0.2, 0.25) is 5.91 Å². The Kier molecular flexibility index (Phi) is 6.82. The lowest BCUT2D eigenvalue weighted by Gasteiger charge is -2.09. The SMILES string of the molecule is NC(=O)Nc1ccc(CNC(=O)CNC(=O)c2ccc(Cl)cc2Cl)cc1. The van der Waals surface area contributed by atoms with E-state index in [2.05, 4.69) is 16.0 Å². The van der Waals surface area contributed by atoms with Gasteiger partial charge in [0.1, 0.15) is 0 Å². The van der Waals surface area contributed by atoms with Crippen LogP contribution in [0.5, 0.6) is 0 Å². The largest absolute Gasteiger partial charge is 0.351 e. The van der Waals surface area contributed by atoms with Crippen molar-refractivity contribution in [3.05, 3.63) is 63.6 Å². The summed E-state index contributed by atoms with van der Waals surface area (Å²) in [7, 11) is 0. The number of anilines is 1. The van der Waals surface area contributed by atoms with Crippen LogP contribution in [-0.2, 0) is 11.3 Å². The zero-order chi connectivity index (χ0) is 19.1. The minimum Gasteiger partial charge on any atom is -0.351 e. The Morgan fingerprint density at radius 3 is 2.27 bits per heavy atom. The van der Waals surface area contributed by atoms with Crippen molar-refractivity contribution in [1.82, 2.24) is 10.6 Å². The Morgan fingerprint density at radius 1 is 0.962 bits per heavy atom. The minimum atomic E-state index is -0.650. The summed E-state index contributed by atoms with van der Waals surface area (Å²) in [6.07, 6.45) is 0. The quantitative estimate of drug-likeness (QED) is 0.603. The van der Waals surface area contributed by atoms with E-state index in [1.165, 1.54) is 12.1 Å². The molecule has 0 fully saturated rings. The molecule has 2 rings (SSSR count). The van der Waals surface area contributed by atoms with Crippen molar-refractivity contribution >= 4 is 46.7 Å². The van der Waals surface area contributed by atoms with Crippen LogP contribution in [0.15, 0.2) is 42.5 Å². The lowest BCUT2D eigenvalue weighted by molar-refractivity contribution is -0.120. The summed E-state index contributed by atoms with van der Waals surface area (Å²) in [5.74, 6) is -0.827. The summed E-state index contributed by atoms with van der Waals surface area (Å²) >= 11 is 11.7. The third-order valence-corrected chi connectivity index (χ3v) is 3.84. The topological polar surface area (TPSA) is 113 Å². The first-order valence-corrected chi connectivity index (χ1v) is 8.26. The fourth-order valence-corrected chi connectivity index (χ4v) is 2.54. The minimum absolute atomic E-state index is 0.195. The van der Waals surface area contributed by atoms with Crippen LogP contribution in [0.3, 0.4) is 0 Å². The van der Waals surface area contributed by atoms with Crippen LogP contribution in [0.4, 0.5) is 10.5 Å². The highest BCUT2D eigenvalue weighted by atomic mass is 35.5. The molecule has 2 aromatic carbocycles. The van der Waals surface area contributed by atoms with Crippen molar-refractivity contribution in [1.29, 1.82) is 0 Å². The smallest absolute Gasteiger partial charge is 0.316 e. The molecular formula is C17H16Cl2N4O3. The number of urea groups is 1. The molecule has 2 aromatic rings. The summed E-state index contributed by atoms with van der Waals surface area (Å²) in [4.78, 5) is 34.6. The number of rotatable bonds is 6. The van der Waals surface area contributed by atoms with E-state index in [9.17, 15) is 14.4 Å². The van der Waals surface area contributed by atoms with Crippen LogP contribution in [0.2, 0.25) is 10.0 Å². The number of nitrogens with one attached hydrogen (secondary N) is 3. The van der Waals surface area contributed by atoms with Crippen molar-refractivity contribution < 1.29 is 14.4 Å². The van der Waals surface area contributed by atoms with E-state index in [0.717, 1.165) is 5.56 Å². The maximum atomic E-state index is 12.0. The van der Waals surface area contributed by atoms with Crippen LogP contribution in [0, 0.1) is 0 Å². The van der Waals surface area contributed by atoms with Gasteiger partial charge in [-0.25, -0.2) is 4.79 Å². The van der Waals surface area contributed by atoms with Gasteiger partial charge in [-0.15, -0.1) is 0 Å². The Labute approximate surface area is 159 Å². The zero-order valence-corrected chi connectivity index (χ0v) is 15.0. The average Bonchev–Trinajstić information content (AvgIpc) is 2.58. The third kappa shape index (κ3) is 5.94. The van der Waals surface area contributed by atoms with Crippen molar-refractivity contribution in [3.8, 4) is 0 Å². The van der Waals surface area contributed by atoms with Crippen LogP contribution in [0.1, 0.15) is 15.9 Å². The van der Waals surface area contributed by atoms with Gasteiger partial charge in [0.25, 0.3) is 5.91 Å². The van der Waals surface area contributed by atoms with Gasteiger partial charge in [-0.2, -0.15) is 0 Å². The summed E-state index contributed by atoms with van der Waals surface area (Å²) in [6, 6.07) is 10.6. The molecule has 4 amide bonds. The number of amides is 4. The first-order valence-electron chi connectivity index (χ1n) is 7.50. The van der Waals surface area contributed by atoms with E-state index in [0.29, 0.717) is 10.7 Å². The van der Waals surface area contributed by atoms with Crippen LogP contribution in [0.25, 0.3) is 0 Å². The molecule has 0 saturated carbocycles. The predicted octanol–water partition coefficient (Wildman–Crippen LogP) is 2.53. The maximum absolute atomic E-state index is 12.0. The summed E-state index contributed by atoms with van der Waals surface area (Å²) in [5, 5.41) is 8.22. The normalized spacial score (nSPS) is 10.1. The molecule has 0 aliphatic carbocycles. The number of carbonyl (C=O) groups excluding carboxylic acids is 3. The van der Waals surface area contributed by atoms with Crippen molar-refractivity contribution in [2.45, 2.75) is 6.54 Å². The number of primary amides is 1. The Morgan fingerprint density at radius 2 is 1.65 bits per heavy atom. The van der Waals surface area contributed by atoms with Crippen LogP contribution in [-0.4, -0.2) is 24.4 Å². The molecule has 0 aliphatic rings. The van der Waals surface area contributed by atoms with Gasteiger partial charge in [-0.1, -0.05) is 35.3 Å². The maximum Gasteiger partial charge on any atom is 0.316 e. The predicted molar refractivity (Wildman–Crippen MR) is 100 cm³/mol.